The molecule has 0 unspecified atom stereocenters. The van der Waals surface area contributed by atoms with Crippen LogP contribution in [0, 0.1) is 0 Å². The Kier molecular flexibility index (Phi) is 5.30. The van der Waals surface area contributed by atoms with Crippen molar-refractivity contribution >= 4 is 15.9 Å². The van der Waals surface area contributed by atoms with Gasteiger partial charge in [-0.15, -0.1) is 0 Å². The molecule has 0 aliphatic heterocycles. The standard InChI is InChI=1S/C14H16BrNO3/c1-17-13-6-2-5-12(15)14(13)19-9-7-16-10-11-4-3-8-18-11/h2-6,8,16H,7,9-10H2,1H3. The Hall–Kier alpha value is -1.46. The number of nitrogens with one attached hydrogen (secondary N) is 1. The molecule has 0 bridgehead atoms. The van der Waals surface area contributed by atoms with E-state index in [2.05, 4.69) is 21.2 Å². The predicted molar refractivity (Wildman–Crippen MR) is 76.6 cm³/mol. The molecule has 1 heterocycles. The van der Waals surface area contributed by atoms with Crippen LogP contribution in [0.25, 0.3) is 0 Å². The highest BCUT2D eigenvalue weighted by Crippen LogP contribution is 2.34. The van der Waals surface area contributed by atoms with Crippen molar-refractivity contribution in [1.82, 2.24) is 5.32 Å². The molecule has 0 fully saturated rings. The number of rotatable bonds is 7. The molecule has 2 aromatic rings. The van der Waals surface area contributed by atoms with Crippen molar-refractivity contribution in [3.8, 4) is 11.5 Å². The van der Waals surface area contributed by atoms with Crippen LogP contribution >= 0.6 is 15.9 Å². The monoisotopic (exact) mass is 325 g/mol. The van der Waals surface area contributed by atoms with Gasteiger partial charge in [-0.05, 0) is 40.2 Å². The van der Waals surface area contributed by atoms with Gasteiger partial charge in [-0.1, -0.05) is 6.07 Å². The van der Waals surface area contributed by atoms with Gasteiger partial charge >= 0.3 is 0 Å². The van der Waals surface area contributed by atoms with Crippen LogP contribution in [0.15, 0.2) is 45.5 Å². The van der Waals surface area contributed by atoms with E-state index in [1.165, 1.54) is 0 Å². The number of methoxy groups -OCH3 is 1. The molecule has 0 atom stereocenters. The molecule has 102 valence electrons. The molecular formula is C14H16BrNO3. The normalized spacial score (nSPS) is 10.4. The van der Waals surface area contributed by atoms with Gasteiger partial charge in [-0.2, -0.15) is 0 Å². The first-order chi connectivity index (χ1) is 9.31. The van der Waals surface area contributed by atoms with Crippen molar-refractivity contribution < 1.29 is 13.9 Å². The largest absolute Gasteiger partial charge is 0.493 e. The summed E-state index contributed by atoms with van der Waals surface area (Å²) in [7, 11) is 1.63. The van der Waals surface area contributed by atoms with E-state index in [0.29, 0.717) is 13.2 Å². The smallest absolute Gasteiger partial charge is 0.175 e. The minimum atomic E-state index is 0.555. The number of furan rings is 1. The molecule has 1 aromatic heterocycles. The molecule has 19 heavy (non-hydrogen) atoms. The quantitative estimate of drug-likeness (QED) is 0.794. The van der Waals surface area contributed by atoms with Crippen molar-refractivity contribution in [2.75, 3.05) is 20.3 Å². The van der Waals surface area contributed by atoms with E-state index in [0.717, 1.165) is 28.3 Å². The molecule has 0 aliphatic rings. The van der Waals surface area contributed by atoms with Crippen LogP contribution < -0.4 is 14.8 Å². The second-order valence-electron chi connectivity index (χ2n) is 3.88. The van der Waals surface area contributed by atoms with E-state index >= 15 is 0 Å². The first-order valence-electron chi connectivity index (χ1n) is 5.99. The lowest BCUT2D eigenvalue weighted by Gasteiger charge is -2.12. The van der Waals surface area contributed by atoms with Gasteiger partial charge in [0.1, 0.15) is 12.4 Å². The van der Waals surface area contributed by atoms with E-state index in [1.807, 2.05) is 30.3 Å². The molecule has 4 nitrogen and oxygen atoms in total. The van der Waals surface area contributed by atoms with Crippen LogP contribution in [-0.2, 0) is 6.54 Å². The van der Waals surface area contributed by atoms with E-state index in [9.17, 15) is 0 Å². The molecule has 0 amide bonds. The average molecular weight is 326 g/mol. The molecule has 5 heteroatoms. The SMILES string of the molecule is COc1cccc(Br)c1OCCNCc1ccco1. The highest BCUT2D eigenvalue weighted by Gasteiger charge is 2.07. The highest BCUT2D eigenvalue weighted by atomic mass is 79.9. The molecule has 0 saturated carbocycles. The van der Waals surface area contributed by atoms with E-state index in [4.69, 9.17) is 13.9 Å². The zero-order chi connectivity index (χ0) is 13.5. The molecule has 1 aromatic carbocycles. The summed E-state index contributed by atoms with van der Waals surface area (Å²) < 4.78 is 17.1. The lowest BCUT2D eigenvalue weighted by atomic mass is 10.3. The summed E-state index contributed by atoms with van der Waals surface area (Å²) in [5.74, 6) is 2.36. The first-order valence-corrected chi connectivity index (χ1v) is 6.79. The summed E-state index contributed by atoms with van der Waals surface area (Å²) in [6.45, 7) is 1.98. The third kappa shape index (κ3) is 4.01. The van der Waals surface area contributed by atoms with E-state index in [1.54, 1.807) is 13.4 Å². The molecule has 2 rings (SSSR count). The minimum Gasteiger partial charge on any atom is -0.493 e. The van der Waals surface area contributed by atoms with Gasteiger partial charge in [0.05, 0.1) is 24.4 Å². The van der Waals surface area contributed by atoms with Crippen molar-refractivity contribution in [3.63, 3.8) is 0 Å². The van der Waals surface area contributed by atoms with Gasteiger partial charge in [0, 0.05) is 6.54 Å². The Bertz CT molecular complexity index is 499. The lowest BCUT2D eigenvalue weighted by molar-refractivity contribution is 0.288. The highest BCUT2D eigenvalue weighted by molar-refractivity contribution is 9.10. The van der Waals surface area contributed by atoms with Crippen LogP contribution in [0.1, 0.15) is 5.76 Å². The number of benzene rings is 1. The average Bonchev–Trinajstić information content (AvgIpc) is 2.93. The van der Waals surface area contributed by atoms with Crippen molar-refractivity contribution in [3.05, 3.63) is 46.8 Å². The molecule has 0 saturated heterocycles. The Morgan fingerprint density at radius 3 is 2.89 bits per heavy atom. The molecule has 0 spiro atoms. The van der Waals surface area contributed by atoms with Crippen LogP contribution in [0.2, 0.25) is 0 Å². The van der Waals surface area contributed by atoms with Gasteiger partial charge in [0.2, 0.25) is 0 Å². The maximum absolute atomic E-state index is 5.71. The summed E-state index contributed by atoms with van der Waals surface area (Å²) >= 11 is 3.45. The molecular weight excluding hydrogens is 310 g/mol. The summed E-state index contributed by atoms with van der Waals surface area (Å²) in [5, 5.41) is 3.24. The maximum Gasteiger partial charge on any atom is 0.175 e. The topological polar surface area (TPSA) is 43.6 Å². The number of hydrogen-bond acceptors (Lipinski definition) is 4. The summed E-state index contributed by atoms with van der Waals surface area (Å²) in [6, 6.07) is 9.51. The molecule has 1 N–H and O–H groups in total. The Labute approximate surface area is 120 Å². The number of ether oxygens (including phenoxy) is 2. The molecule has 0 radical (unpaired) electrons. The summed E-state index contributed by atoms with van der Waals surface area (Å²) in [4.78, 5) is 0. The van der Waals surface area contributed by atoms with Crippen LogP contribution in [-0.4, -0.2) is 20.3 Å². The fourth-order valence-electron chi connectivity index (χ4n) is 1.64. The fraction of sp³-hybridized carbons (Fsp3) is 0.286. The Balaban J connectivity index is 1.76. The van der Waals surface area contributed by atoms with Gasteiger partial charge in [0.15, 0.2) is 11.5 Å². The predicted octanol–water partition coefficient (Wildman–Crippen LogP) is 3.22. The first kappa shape index (κ1) is 14.0. The van der Waals surface area contributed by atoms with Gasteiger partial charge in [0.25, 0.3) is 0 Å². The van der Waals surface area contributed by atoms with Crippen molar-refractivity contribution in [2.45, 2.75) is 6.54 Å². The van der Waals surface area contributed by atoms with Gasteiger partial charge < -0.3 is 19.2 Å². The third-order valence-electron chi connectivity index (χ3n) is 2.56. The number of halogens is 1. The summed E-state index contributed by atoms with van der Waals surface area (Å²) in [6.07, 6.45) is 1.67. The third-order valence-corrected chi connectivity index (χ3v) is 3.18. The lowest BCUT2D eigenvalue weighted by Crippen LogP contribution is -2.20. The van der Waals surface area contributed by atoms with Crippen molar-refractivity contribution in [2.24, 2.45) is 0 Å². The summed E-state index contributed by atoms with van der Waals surface area (Å²) in [5.41, 5.74) is 0. The van der Waals surface area contributed by atoms with E-state index in [-0.39, 0.29) is 0 Å². The second kappa shape index (κ2) is 7.21. The zero-order valence-electron chi connectivity index (χ0n) is 10.7. The Morgan fingerprint density at radius 2 is 2.16 bits per heavy atom. The van der Waals surface area contributed by atoms with Crippen LogP contribution in [0.4, 0.5) is 0 Å². The van der Waals surface area contributed by atoms with Crippen LogP contribution in [0.3, 0.4) is 0 Å². The maximum atomic E-state index is 5.71. The van der Waals surface area contributed by atoms with E-state index < -0.39 is 0 Å². The Morgan fingerprint density at radius 1 is 1.26 bits per heavy atom. The van der Waals surface area contributed by atoms with Crippen LogP contribution in [0.5, 0.6) is 11.5 Å². The number of para-hydroxylation sites is 1. The van der Waals surface area contributed by atoms with Crippen molar-refractivity contribution in [1.29, 1.82) is 0 Å². The zero-order valence-corrected chi connectivity index (χ0v) is 12.3. The fourth-order valence-corrected chi connectivity index (χ4v) is 2.10. The van der Waals surface area contributed by atoms with Gasteiger partial charge in [-0.25, -0.2) is 0 Å². The number of hydrogen-bond donors (Lipinski definition) is 1. The molecule has 0 aliphatic carbocycles. The second-order valence-corrected chi connectivity index (χ2v) is 4.73. The minimum absolute atomic E-state index is 0.555. The van der Waals surface area contributed by atoms with Gasteiger partial charge in [-0.3, -0.25) is 0 Å².